The Labute approximate surface area is 121 Å². The summed E-state index contributed by atoms with van der Waals surface area (Å²) < 4.78 is 0. The van der Waals surface area contributed by atoms with Crippen LogP contribution < -0.4 is 5.32 Å². The third-order valence-corrected chi connectivity index (χ3v) is 3.51. The molecule has 1 aliphatic rings. The van der Waals surface area contributed by atoms with E-state index in [0.717, 1.165) is 49.0 Å². The molecule has 0 aromatic carbocycles. The molecular formula is C16H25N3O. The number of carbonyl (C=O) groups is 1. The molecule has 0 saturated heterocycles. The number of nitrogens with zero attached hydrogens (tertiary/aromatic N) is 2. The molecule has 1 heterocycles. The first kappa shape index (κ1) is 14.8. The molecule has 20 heavy (non-hydrogen) atoms. The third-order valence-electron chi connectivity index (χ3n) is 3.51. The molecule has 0 spiro atoms. The van der Waals surface area contributed by atoms with Crippen molar-refractivity contribution in [3.05, 3.63) is 23.4 Å². The van der Waals surface area contributed by atoms with Gasteiger partial charge in [0.1, 0.15) is 5.82 Å². The largest absolute Gasteiger partial charge is 0.370 e. The number of hydrogen-bond donors (Lipinski definition) is 1. The van der Waals surface area contributed by atoms with E-state index in [1.807, 2.05) is 30.9 Å². The predicted molar refractivity (Wildman–Crippen MR) is 82.1 cm³/mol. The fourth-order valence-electron chi connectivity index (χ4n) is 2.40. The van der Waals surface area contributed by atoms with Crippen molar-refractivity contribution < 1.29 is 4.79 Å². The van der Waals surface area contributed by atoms with Crippen molar-refractivity contribution in [2.45, 2.75) is 40.0 Å². The summed E-state index contributed by atoms with van der Waals surface area (Å²) in [6, 6.07) is 3.76. The zero-order valence-electron chi connectivity index (χ0n) is 12.8. The van der Waals surface area contributed by atoms with Crippen LogP contribution in [0.5, 0.6) is 0 Å². The van der Waals surface area contributed by atoms with Gasteiger partial charge >= 0.3 is 0 Å². The number of aromatic nitrogens is 1. The van der Waals surface area contributed by atoms with Gasteiger partial charge in [0, 0.05) is 30.9 Å². The van der Waals surface area contributed by atoms with Crippen molar-refractivity contribution in [2.75, 3.05) is 25.0 Å². The summed E-state index contributed by atoms with van der Waals surface area (Å²) in [5.74, 6) is 1.66. The van der Waals surface area contributed by atoms with Gasteiger partial charge in [0.15, 0.2) is 0 Å². The Morgan fingerprint density at radius 1 is 1.40 bits per heavy atom. The maximum absolute atomic E-state index is 12.7. The molecule has 2 rings (SSSR count). The molecule has 4 heteroatoms. The van der Waals surface area contributed by atoms with Crippen LogP contribution in [0, 0.1) is 12.8 Å². The molecule has 1 aliphatic carbocycles. The normalized spacial score (nSPS) is 14.2. The van der Waals surface area contributed by atoms with E-state index in [2.05, 4.69) is 17.2 Å². The summed E-state index contributed by atoms with van der Waals surface area (Å²) in [5, 5.41) is 3.19. The van der Waals surface area contributed by atoms with E-state index >= 15 is 0 Å². The van der Waals surface area contributed by atoms with Gasteiger partial charge in [0.05, 0.1) is 0 Å². The van der Waals surface area contributed by atoms with Crippen LogP contribution in [0.15, 0.2) is 12.1 Å². The Morgan fingerprint density at radius 2 is 2.15 bits per heavy atom. The predicted octanol–water partition coefficient (Wildman–Crippen LogP) is 3.08. The lowest BCUT2D eigenvalue weighted by molar-refractivity contribution is 0.0747. The summed E-state index contributed by atoms with van der Waals surface area (Å²) in [6.45, 7) is 8.64. The lowest BCUT2D eigenvalue weighted by atomic mass is 10.2. The van der Waals surface area contributed by atoms with Gasteiger partial charge in [0.25, 0.3) is 5.91 Å². The van der Waals surface area contributed by atoms with E-state index < -0.39 is 0 Å². The Hall–Kier alpha value is -1.58. The Bertz CT molecular complexity index is 469. The van der Waals surface area contributed by atoms with Crippen LogP contribution in [0.4, 0.5) is 5.82 Å². The van der Waals surface area contributed by atoms with Crippen LogP contribution in [-0.4, -0.2) is 35.4 Å². The van der Waals surface area contributed by atoms with Crippen LogP contribution >= 0.6 is 0 Å². The smallest absolute Gasteiger partial charge is 0.254 e. The molecule has 110 valence electrons. The zero-order chi connectivity index (χ0) is 14.5. The number of carbonyl (C=O) groups excluding carboxylic acids is 1. The lowest BCUT2D eigenvalue weighted by Gasteiger charge is -2.22. The number of hydrogen-bond acceptors (Lipinski definition) is 3. The fourth-order valence-corrected chi connectivity index (χ4v) is 2.40. The monoisotopic (exact) mass is 275 g/mol. The minimum atomic E-state index is 0.142. The molecule has 0 bridgehead atoms. The Balaban J connectivity index is 2.15. The van der Waals surface area contributed by atoms with Crippen molar-refractivity contribution in [1.82, 2.24) is 9.88 Å². The lowest BCUT2D eigenvalue weighted by Crippen LogP contribution is -2.33. The van der Waals surface area contributed by atoms with Crippen molar-refractivity contribution in [1.29, 1.82) is 0 Å². The van der Waals surface area contributed by atoms with Crippen LogP contribution in [0.25, 0.3) is 0 Å². The number of nitrogens with one attached hydrogen (secondary N) is 1. The molecule has 0 unspecified atom stereocenters. The Morgan fingerprint density at radius 3 is 2.75 bits per heavy atom. The van der Waals surface area contributed by atoms with Gasteiger partial charge in [-0.3, -0.25) is 4.79 Å². The van der Waals surface area contributed by atoms with E-state index in [1.165, 1.54) is 12.8 Å². The first-order chi connectivity index (χ1) is 9.63. The molecule has 1 aromatic heterocycles. The number of rotatable bonds is 7. The van der Waals surface area contributed by atoms with Gasteiger partial charge in [-0.2, -0.15) is 0 Å². The van der Waals surface area contributed by atoms with Gasteiger partial charge < -0.3 is 10.2 Å². The van der Waals surface area contributed by atoms with Gasteiger partial charge in [-0.25, -0.2) is 4.98 Å². The summed E-state index contributed by atoms with van der Waals surface area (Å²) in [4.78, 5) is 19.1. The molecule has 1 fully saturated rings. The topological polar surface area (TPSA) is 45.2 Å². The SMILES string of the molecule is CCCN(CC1CC1)C(=O)c1cc(C)nc(NCC)c1. The second kappa shape index (κ2) is 6.73. The standard InChI is InChI=1S/C16H25N3O/c1-4-8-19(11-13-6-7-13)16(20)14-9-12(3)18-15(10-14)17-5-2/h9-10,13H,4-8,11H2,1-3H3,(H,17,18). The fraction of sp³-hybridized carbons (Fsp3) is 0.625. The quantitative estimate of drug-likeness (QED) is 0.831. The molecule has 1 amide bonds. The van der Waals surface area contributed by atoms with E-state index in [1.54, 1.807) is 0 Å². The van der Waals surface area contributed by atoms with Crippen molar-refractivity contribution >= 4 is 11.7 Å². The van der Waals surface area contributed by atoms with E-state index in [9.17, 15) is 4.79 Å². The zero-order valence-corrected chi connectivity index (χ0v) is 12.8. The van der Waals surface area contributed by atoms with E-state index in [0.29, 0.717) is 0 Å². The maximum atomic E-state index is 12.7. The minimum Gasteiger partial charge on any atom is -0.370 e. The summed E-state index contributed by atoms with van der Waals surface area (Å²) in [7, 11) is 0. The second-order valence-corrected chi connectivity index (χ2v) is 5.61. The number of amides is 1. The van der Waals surface area contributed by atoms with Crippen LogP contribution in [-0.2, 0) is 0 Å². The van der Waals surface area contributed by atoms with Crippen LogP contribution in [0.2, 0.25) is 0 Å². The molecule has 0 atom stereocenters. The molecular weight excluding hydrogens is 250 g/mol. The number of anilines is 1. The first-order valence-electron chi connectivity index (χ1n) is 7.65. The second-order valence-electron chi connectivity index (χ2n) is 5.61. The Kier molecular flexibility index (Phi) is 4.99. The molecule has 1 aromatic rings. The van der Waals surface area contributed by atoms with Crippen LogP contribution in [0.1, 0.15) is 49.2 Å². The van der Waals surface area contributed by atoms with Gasteiger partial charge in [-0.1, -0.05) is 6.92 Å². The highest BCUT2D eigenvalue weighted by atomic mass is 16.2. The minimum absolute atomic E-state index is 0.142. The molecule has 4 nitrogen and oxygen atoms in total. The van der Waals surface area contributed by atoms with Crippen LogP contribution in [0.3, 0.4) is 0 Å². The van der Waals surface area contributed by atoms with Crippen molar-refractivity contribution in [3.8, 4) is 0 Å². The third kappa shape index (κ3) is 3.95. The molecule has 1 N–H and O–H groups in total. The highest BCUT2D eigenvalue weighted by molar-refractivity contribution is 5.95. The maximum Gasteiger partial charge on any atom is 0.254 e. The highest BCUT2D eigenvalue weighted by Gasteiger charge is 2.27. The average molecular weight is 275 g/mol. The van der Waals surface area contributed by atoms with Gasteiger partial charge in [-0.15, -0.1) is 0 Å². The summed E-state index contributed by atoms with van der Waals surface area (Å²) >= 11 is 0. The number of pyridine rings is 1. The summed E-state index contributed by atoms with van der Waals surface area (Å²) in [5.41, 5.74) is 1.64. The summed E-state index contributed by atoms with van der Waals surface area (Å²) in [6.07, 6.45) is 3.54. The number of aryl methyl sites for hydroxylation is 1. The van der Waals surface area contributed by atoms with Crippen molar-refractivity contribution in [2.24, 2.45) is 5.92 Å². The first-order valence-corrected chi connectivity index (χ1v) is 7.65. The van der Waals surface area contributed by atoms with Gasteiger partial charge in [-0.05, 0) is 51.2 Å². The van der Waals surface area contributed by atoms with Gasteiger partial charge in [0.2, 0.25) is 0 Å². The van der Waals surface area contributed by atoms with E-state index in [-0.39, 0.29) is 5.91 Å². The van der Waals surface area contributed by atoms with E-state index in [4.69, 9.17) is 0 Å². The molecule has 0 radical (unpaired) electrons. The molecule has 1 saturated carbocycles. The van der Waals surface area contributed by atoms with Crippen molar-refractivity contribution in [3.63, 3.8) is 0 Å². The average Bonchev–Trinajstić information content (AvgIpc) is 3.21. The molecule has 0 aliphatic heterocycles. The highest BCUT2D eigenvalue weighted by Crippen LogP contribution is 2.30.